The van der Waals surface area contributed by atoms with Gasteiger partial charge in [0.1, 0.15) is 11.4 Å². The van der Waals surface area contributed by atoms with E-state index in [1.54, 1.807) is 7.11 Å². The number of ether oxygens (including phenoxy) is 2. The molecule has 0 spiro atoms. The first kappa shape index (κ1) is 16.3. The van der Waals surface area contributed by atoms with Crippen LogP contribution in [0.1, 0.15) is 27.2 Å². The molecule has 2 aromatic carbocycles. The fraction of sp³-hybridized carbons (Fsp3) is 0.389. The van der Waals surface area contributed by atoms with Gasteiger partial charge in [-0.2, -0.15) is 0 Å². The molecule has 22 heavy (non-hydrogen) atoms. The van der Waals surface area contributed by atoms with Crippen molar-refractivity contribution in [3.05, 3.63) is 36.4 Å². The maximum Gasteiger partial charge on any atom is 0.256 e. The minimum Gasteiger partial charge on any atom is -0.496 e. The fourth-order valence-electron chi connectivity index (χ4n) is 2.46. The van der Waals surface area contributed by atoms with Crippen LogP contribution in [0.15, 0.2) is 36.4 Å². The van der Waals surface area contributed by atoms with E-state index in [9.17, 15) is 4.79 Å². The summed E-state index contributed by atoms with van der Waals surface area (Å²) < 4.78 is 11.0. The Bertz CT molecular complexity index is 668. The molecule has 0 aromatic heterocycles. The highest BCUT2D eigenvalue weighted by Gasteiger charge is 2.32. The third kappa shape index (κ3) is 3.07. The Hall–Kier alpha value is -2.07. The number of carbonyl (C=O) groups excluding carboxylic acids is 1. The molecule has 0 saturated heterocycles. The lowest BCUT2D eigenvalue weighted by Crippen LogP contribution is -2.42. The number of hydrogen-bond donors (Lipinski definition) is 1. The molecule has 0 aliphatic heterocycles. The van der Waals surface area contributed by atoms with Crippen molar-refractivity contribution in [1.82, 2.24) is 0 Å². The number of anilines is 1. The molecule has 1 N–H and O–H groups in total. The molecule has 0 saturated carbocycles. The zero-order valence-corrected chi connectivity index (χ0v) is 13.6. The molecule has 0 bridgehead atoms. The SMILES string of the molecule is CCOC(C)(CC)C(=O)Nc1ccc(OC)c2ccccc12. The summed E-state index contributed by atoms with van der Waals surface area (Å²) in [7, 11) is 1.64. The number of amides is 1. The summed E-state index contributed by atoms with van der Waals surface area (Å²) >= 11 is 0. The van der Waals surface area contributed by atoms with E-state index < -0.39 is 5.60 Å². The quantitative estimate of drug-likeness (QED) is 0.877. The van der Waals surface area contributed by atoms with Crippen LogP contribution in [0.5, 0.6) is 5.75 Å². The summed E-state index contributed by atoms with van der Waals surface area (Å²) in [6.45, 7) is 6.16. The van der Waals surface area contributed by atoms with Gasteiger partial charge < -0.3 is 14.8 Å². The second-order valence-electron chi connectivity index (χ2n) is 5.33. The first-order chi connectivity index (χ1) is 10.6. The first-order valence-corrected chi connectivity index (χ1v) is 7.57. The topological polar surface area (TPSA) is 47.6 Å². The van der Waals surface area contributed by atoms with Crippen molar-refractivity contribution in [3.8, 4) is 5.75 Å². The van der Waals surface area contributed by atoms with E-state index in [4.69, 9.17) is 9.47 Å². The number of benzene rings is 2. The average molecular weight is 301 g/mol. The monoisotopic (exact) mass is 301 g/mol. The van der Waals surface area contributed by atoms with Crippen LogP contribution in [0.25, 0.3) is 10.8 Å². The number of hydrogen-bond acceptors (Lipinski definition) is 3. The number of nitrogens with one attached hydrogen (secondary N) is 1. The van der Waals surface area contributed by atoms with E-state index in [-0.39, 0.29) is 5.91 Å². The van der Waals surface area contributed by atoms with Gasteiger partial charge in [0.25, 0.3) is 5.91 Å². The maximum atomic E-state index is 12.6. The Morgan fingerprint density at radius 1 is 1.14 bits per heavy atom. The van der Waals surface area contributed by atoms with Crippen LogP contribution in [0.2, 0.25) is 0 Å². The summed E-state index contributed by atoms with van der Waals surface area (Å²) in [6, 6.07) is 11.6. The van der Waals surface area contributed by atoms with Gasteiger partial charge in [-0.1, -0.05) is 31.2 Å². The smallest absolute Gasteiger partial charge is 0.256 e. The molecule has 1 unspecified atom stereocenters. The zero-order valence-electron chi connectivity index (χ0n) is 13.6. The van der Waals surface area contributed by atoms with Gasteiger partial charge in [0.15, 0.2) is 0 Å². The van der Waals surface area contributed by atoms with E-state index in [0.717, 1.165) is 22.2 Å². The number of carbonyl (C=O) groups is 1. The third-order valence-electron chi connectivity index (χ3n) is 3.97. The summed E-state index contributed by atoms with van der Waals surface area (Å²) in [5, 5.41) is 4.91. The average Bonchev–Trinajstić information content (AvgIpc) is 2.55. The molecule has 4 heteroatoms. The fourth-order valence-corrected chi connectivity index (χ4v) is 2.46. The molecule has 0 heterocycles. The molecule has 2 aromatic rings. The molecule has 0 radical (unpaired) electrons. The lowest BCUT2D eigenvalue weighted by Gasteiger charge is -2.27. The van der Waals surface area contributed by atoms with Gasteiger partial charge in [0.05, 0.1) is 7.11 Å². The van der Waals surface area contributed by atoms with Gasteiger partial charge in [-0.3, -0.25) is 4.79 Å². The molecule has 118 valence electrons. The summed E-state index contributed by atoms with van der Waals surface area (Å²) in [6.07, 6.45) is 0.612. The van der Waals surface area contributed by atoms with Gasteiger partial charge >= 0.3 is 0 Å². The van der Waals surface area contributed by atoms with Gasteiger partial charge in [-0.15, -0.1) is 0 Å². The number of rotatable bonds is 6. The predicted molar refractivity (Wildman–Crippen MR) is 89.5 cm³/mol. The van der Waals surface area contributed by atoms with Crippen LogP contribution in [0.3, 0.4) is 0 Å². The molecule has 0 aliphatic rings. The first-order valence-electron chi connectivity index (χ1n) is 7.57. The molecule has 0 fully saturated rings. The van der Waals surface area contributed by atoms with Crippen LogP contribution >= 0.6 is 0 Å². The molecular weight excluding hydrogens is 278 g/mol. The Morgan fingerprint density at radius 2 is 1.82 bits per heavy atom. The minimum absolute atomic E-state index is 0.132. The lowest BCUT2D eigenvalue weighted by molar-refractivity contribution is -0.139. The predicted octanol–water partition coefficient (Wildman–Crippen LogP) is 3.99. The second kappa shape index (κ2) is 6.79. The molecule has 2 rings (SSSR count). The highest BCUT2D eigenvalue weighted by Crippen LogP contribution is 2.32. The standard InChI is InChI=1S/C18H23NO3/c1-5-18(3,22-6-2)17(20)19-15-11-12-16(21-4)14-10-8-7-9-13(14)15/h7-12H,5-6H2,1-4H3,(H,19,20). The van der Waals surface area contributed by atoms with Gasteiger partial charge in [0.2, 0.25) is 0 Å². The van der Waals surface area contributed by atoms with Crippen LogP contribution in [0, 0.1) is 0 Å². The summed E-state index contributed by atoms with van der Waals surface area (Å²) in [5.74, 6) is 0.656. The largest absolute Gasteiger partial charge is 0.496 e. The second-order valence-corrected chi connectivity index (χ2v) is 5.33. The van der Waals surface area contributed by atoms with Gasteiger partial charge in [-0.05, 0) is 32.4 Å². The lowest BCUT2D eigenvalue weighted by atomic mass is 10.0. The Labute approximate surface area is 131 Å². The van der Waals surface area contributed by atoms with E-state index in [2.05, 4.69) is 5.32 Å². The minimum atomic E-state index is -0.824. The normalized spacial score (nSPS) is 13.6. The Kier molecular flexibility index (Phi) is 5.03. The Balaban J connectivity index is 2.38. The Morgan fingerprint density at radius 3 is 2.41 bits per heavy atom. The van der Waals surface area contributed by atoms with Crippen LogP contribution in [-0.2, 0) is 9.53 Å². The maximum absolute atomic E-state index is 12.6. The molecular formula is C18H23NO3. The van der Waals surface area contributed by atoms with Crippen molar-refractivity contribution >= 4 is 22.4 Å². The van der Waals surface area contributed by atoms with E-state index in [1.165, 1.54) is 0 Å². The number of methoxy groups -OCH3 is 1. The van der Waals surface area contributed by atoms with Crippen molar-refractivity contribution in [2.24, 2.45) is 0 Å². The van der Waals surface area contributed by atoms with Crippen LogP contribution < -0.4 is 10.1 Å². The van der Waals surface area contributed by atoms with Crippen LogP contribution in [-0.4, -0.2) is 25.2 Å². The zero-order chi connectivity index (χ0) is 16.2. The van der Waals surface area contributed by atoms with Gasteiger partial charge in [0, 0.05) is 23.1 Å². The summed E-state index contributed by atoms with van der Waals surface area (Å²) in [4.78, 5) is 12.6. The molecule has 4 nitrogen and oxygen atoms in total. The van der Waals surface area contributed by atoms with Crippen molar-refractivity contribution in [3.63, 3.8) is 0 Å². The van der Waals surface area contributed by atoms with Crippen LogP contribution in [0.4, 0.5) is 5.69 Å². The van der Waals surface area contributed by atoms with Crippen molar-refractivity contribution in [2.75, 3.05) is 19.0 Å². The van der Waals surface area contributed by atoms with Gasteiger partial charge in [-0.25, -0.2) is 0 Å². The summed E-state index contributed by atoms with van der Waals surface area (Å²) in [5.41, 5.74) is -0.0590. The van der Waals surface area contributed by atoms with E-state index in [1.807, 2.05) is 57.2 Å². The highest BCUT2D eigenvalue weighted by atomic mass is 16.5. The van der Waals surface area contributed by atoms with Crippen molar-refractivity contribution < 1.29 is 14.3 Å². The molecule has 1 atom stereocenters. The van der Waals surface area contributed by atoms with E-state index in [0.29, 0.717) is 13.0 Å². The molecule has 1 amide bonds. The number of fused-ring (bicyclic) bond motifs is 1. The van der Waals surface area contributed by atoms with E-state index >= 15 is 0 Å². The third-order valence-corrected chi connectivity index (χ3v) is 3.97. The van der Waals surface area contributed by atoms with Crippen molar-refractivity contribution in [1.29, 1.82) is 0 Å². The van der Waals surface area contributed by atoms with Crippen molar-refractivity contribution in [2.45, 2.75) is 32.8 Å². The molecule has 0 aliphatic carbocycles. The highest BCUT2D eigenvalue weighted by molar-refractivity contribution is 6.06.